The first-order chi connectivity index (χ1) is 10.6. The van der Waals surface area contributed by atoms with Crippen LogP contribution in [0.25, 0.3) is 0 Å². The number of rotatable bonds is 6. The average Bonchev–Trinajstić information content (AvgIpc) is 3.37. The molecule has 0 bridgehead atoms. The van der Waals surface area contributed by atoms with E-state index < -0.39 is 10.0 Å². The maximum Gasteiger partial charge on any atom is 0.242 e. The van der Waals surface area contributed by atoms with Crippen molar-refractivity contribution in [3.8, 4) is 0 Å². The lowest BCUT2D eigenvalue weighted by atomic mass is 10.00. The molecule has 2 aliphatic rings. The van der Waals surface area contributed by atoms with E-state index in [0.717, 1.165) is 31.6 Å². The molecule has 1 saturated heterocycles. The van der Waals surface area contributed by atoms with Crippen molar-refractivity contribution in [2.45, 2.75) is 56.4 Å². The molecule has 1 N–H and O–H groups in total. The lowest BCUT2D eigenvalue weighted by molar-refractivity contribution is 0.446. The summed E-state index contributed by atoms with van der Waals surface area (Å²) in [5.41, 5.74) is 0. The van der Waals surface area contributed by atoms with Crippen LogP contribution in [0, 0.1) is 5.92 Å². The Morgan fingerprint density at radius 1 is 1.27 bits per heavy atom. The summed E-state index contributed by atoms with van der Waals surface area (Å²) in [6, 6.07) is 4.05. The van der Waals surface area contributed by atoms with Crippen LogP contribution in [0.3, 0.4) is 0 Å². The van der Waals surface area contributed by atoms with Crippen LogP contribution < -0.4 is 9.62 Å². The van der Waals surface area contributed by atoms with Gasteiger partial charge in [0.2, 0.25) is 10.0 Å². The van der Waals surface area contributed by atoms with Crippen molar-refractivity contribution in [3.05, 3.63) is 18.3 Å². The third-order valence-corrected chi connectivity index (χ3v) is 6.09. The molecule has 1 atom stereocenters. The van der Waals surface area contributed by atoms with Gasteiger partial charge in [0.1, 0.15) is 10.7 Å². The fourth-order valence-corrected chi connectivity index (χ4v) is 4.12. The minimum Gasteiger partial charge on any atom is -0.354 e. The third kappa shape index (κ3) is 3.60. The summed E-state index contributed by atoms with van der Waals surface area (Å²) >= 11 is 0. The highest BCUT2D eigenvalue weighted by Crippen LogP contribution is 2.28. The van der Waals surface area contributed by atoms with Gasteiger partial charge in [-0.15, -0.1) is 0 Å². The normalized spacial score (nSPS) is 22.8. The second kappa shape index (κ2) is 6.54. The number of nitrogens with one attached hydrogen (secondary N) is 1. The van der Waals surface area contributed by atoms with Gasteiger partial charge in [-0.25, -0.2) is 18.1 Å². The van der Waals surface area contributed by atoms with Gasteiger partial charge in [-0.2, -0.15) is 0 Å². The molecular formula is C16H25N3O2S. The molecule has 2 heterocycles. The Morgan fingerprint density at radius 2 is 2.09 bits per heavy atom. The summed E-state index contributed by atoms with van der Waals surface area (Å²) in [7, 11) is -3.41. The van der Waals surface area contributed by atoms with Gasteiger partial charge in [0, 0.05) is 25.3 Å². The molecule has 1 aromatic rings. The van der Waals surface area contributed by atoms with Crippen LogP contribution >= 0.6 is 0 Å². The van der Waals surface area contributed by atoms with E-state index in [4.69, 9.17) is 0 Å². The molecule has 122 valence electrons. The van der Waals surface area contributed by atoms with E-state index in [-0.39, 0.29) is 4.90 Å². The van der Waals surface area contributed by atoms with Crippen molar-refractivity contribution in [1.29, 1.82) is 0 Å². The number of hydrogen-bond acceptors (Lipinski definition) is 4. The van der Waals surface area contributed by atoms with Crippen LogP contribution in [-0.4, -0.2) is 32.5 Å². The molecule has 1 aromatic heterocycles. The molecule has 1 aliphatic carbocycles. The Bertz CT molecular complexity index is 596. The zero-order chi connectivity index (χ0) is 15.6. The molecule has 1 unspecified atom stereocenters. The fraction of sp³-hybridized carbons (Fsp3) is 0.688. The van der Waals surface area contributed by atoms with Crippen molar-refractivity contribution in [1.82, 2.24) is 9.71 Å². The number of aromatic nitrogens is 1. The maximum absolute atomic E-state index is 12.2. The average molecular weight is 323 g/mol. The SMILES string of the molecule is CCC1CCCCN1c1ccc(S(=O)(=O)NCC2CC2)cn1. The minimum absolute atomic E-state index is 0.266. The van der Waals surface area contributed by atoms with Gasteiger partial charge in [-0.3, -0.25) is 0 Å². The van der Waals surface area contributed by atoms with Gasteiger partial charge < -0.3 is 4.90 Å². The summed E-state index contributed by atoms with van der Waals surface area (Å²) in [4.78, 5) is 7.00. The number of pyridine rings is 1. The Hall–Kier alpha value is -1.14. The number of sulfonamides is 1. The molecule has 2 fully saturated rings. The first-order valence-electron chi connectivity index (χ1n) is 8.32. The maximum atomic E-state index is 12.2. The van der Waals surface area contributed by atoms with E-state index in [2.05, 4.69) is 21.5 Å². The van der Waals surface area contributed by atoms with Crippen molar-refractivity contribution in [2.75, 3.05) is 18.0 Å². The van der Waals surface area contributed by atoms with Crippen molar-refractivity contribution < 1.29 is 8.42 Å². The largest absolute Gasteiger partial charge is 0.354 e. The first-order valence-corrected chi connectivity index (χ1v) is 9.81. The van der Waals surface area contributed by atoms with E-state index in [1.54, 1.807) is 6.07 Å². The fourth-order valence-electron chi connectivity index (χ4n) is 3.06. The standard InChI is InChI=1S/C16H25N3O2S/c1-2-14-5-3-4-10-19(14)16-9-8-15(12-17-16)22(20,21)18-11-13-6-7-13/h8-9,12-14,18H,2-7,10-11H2,1H3. The number of nitrogens with zero attached hydrogens (tertiary/aromatic N) is 2. The molecule has 3 rings (SSSR count). The van der Waals surface area contributed by atoms with Crippen LogP contribution in [0.2, 0.25) is 0 Å². The van der Waals surface area contributed by atoms with Crippen LogP contribution in [0.5, 0.6) is 0 Å². The van der Waals surface area contributed by atoms with Gasteiger partial charge in [-0.05, 0) is 56.6 Å². The van der Waals surface area contributed by atoms with E-state index in [1.165, 1.54) is 25.5 Å². The number of piperidine rings is 1. The summed E-state index contributed by atoms with van der Waals surface area (Å²) < 4.78 is 27.1. The highest BCUT2D eigenvalue weighted by atomic mass is 32.2. The molecule has 5 nitrogen and oxygen atoms in total. The molecule has 0 spiro atoms. The Labute approximate surface area is 133 Å². The highest BCUT2D eigenvalue weighted by Gasteiger charge is 2.25. The Morgan fingerprint density at radius 3 is 2.73 bits per heavy atom. The summed E-state index contributed by atoms with van der Waals surface area (Å²) in [5.74, 6) is 1.42. The van der Waals surface area contributed by atoms with Gasteiger partial charge in [0.05, 0.1) is 0 Å². The Kier molecular flexibility index (Phi) is 4.68. The summed E-state index contributed by atoms with van der Waals surface area (Å²) in [6.07, 6.45) is 8.51. The molecule has 0 amide bonds. The van der Waals surface area contributed by atoms with Crippen molar-refractivity contribution in [2.24, 2.45) is 5.92 Å². The van der Waals surface area contributed by atoms with Crippen LogP contribution in [0.15, 0.2) is 23.2 Å². The lowest BCUT2D eigenvalue weighted by Gasteiger charge is -2.36. The molecular weight excluding hydrogens is 298 g/mol. The smallest absolute Gasteiger partial charge is 0.242 e. The zero-order valence-electron chi connectivity index (χ0n) is 13.2. The second-order valence-electron chi connectivity index (χ2n) is 6.40. The quantitative estimate of drug-likeness (QED) is 0.874. The van der Waals surface area contributed by atoms with Crippen molar-refractivity contribution in [3.63, 3.8) is 0 Å². The lowest BCUT2D eigenvalue weighted by Crippen LogP contribution is -2.39. The van der Waals surface area contributed by atoms with Gasteiger partial charge in [0.25, 0.3) is 0 Å². The van der Waals surface area contributed by atoms with E-state index in [1.807, 2.05) is 6.07 Å². The molecule has 0 radical (unpaired) electrons. The number of hydrogen-bond donors (Lipinski definition) is 1. The van der Waals surface area contributed by atoms with E-state index in [9.17, 15) is 8.42 Å². The molecule has 1 saturated carbocycles. The molecule has 22 heavy (non-hydrogen) atoms. The summed E-state index contributed by atoms with van der Waals surface area (Å²) in [5, 5.41) is 0. The predicted molar refractivity (Wildman–Crippen MR) is 87.4 cm³/mol. The molecule has 0 aromatic carbocycles. The zero-order valence-corrected chi connectivity index (χ0v) is 14.0. The second-order valence-corrected chi connectivity index (χ2v) is 8.17. The van der Waals surface area contributed by atoms with Gasteiger partial charge in [-0.1, -0.05) is 6.92 Å². The van der Waals surface area contributed by atoms with Crippen LogP contribution in [-0.2, 0) is 10.0 Å². The number of anilines is 1. The minimum atomic E-state index is -3.41. The summed E-state index contributed by atoms with van der Waals surface area (Å²) in [6.45, 7) is 3.76. The van der Waals surface area contributed by atoms with E-state index in [0.29, 0.717) is 18.5 Å². The van der Waals surface area contributed by atoms with Gasteiger partial charge >= 0.3 is 0 Å². The van der Waals surface area contributed by atoms with Crippen LogP contribution in [0.4, 0.5) is 5.82 Å². The molecule has 6 heteroatoms. The van der Waals surface area contributed by atoms with E-state index >= 15 is 0 Å². The molecule has 1 aliphatic heterocycles. The Balaban J connectivity index is 1.71. The third-order valence-electron chi connectivity index (χ3n) is 4.68. The highest BCUT2D eigenvalue weighted by molar-refractivity contribution is 7.89. The first kappa shape index (κ1) is 15.7. The van der Waals surface area contributed by atoms with Crippen molar-refractivity contribution >= 4 is 15.8 Å². The topological polar surface area (TPSA) is 62.3 Å². The van der Waals surface area contributed by atoms with Gasteiger partial charge in [0.15, 0.2) is 0 Å². The monoisotopic (exact) mass is 323 g/mol. The van der Waals surface area contributed by atoms with Crippen LogP contribution in [0.1, 0.15) is 45.4 Å². The predicted octanol–water partition coefficient (Wildman–Crippen LogP) is 2.54.